The summed E-state index contributed by atoms with van der Waals surface area (Å²) in [6.45, 7) is 5.04. The second-order valence-corrected chi connectivity index (χ2v) is 4.16. The Balaban J connectivity index is 3.75. The lowest BCUT2D eigenvalue weighted by molar-refractivity contribution is 0.220. The van der Waals surface area contributed by atoms with Gasteiger partial charge in [-0.3, -0.25) is 0 Å². The Labute approximate surface area is 88.3 Å². The number of aliphatic hydroxyl groups is 2. The molecular formula is C12H26O2. The summed E-state index contributed by atoms with van der Waals surface area (Å²) in [5, 5.41) is 17.7. The zero-order valence-electron chi connectivity index (χ0n) is 9.71. The van der Waals surface area contributed by atoms with Crippen molar-refractivity contribution < 1.29 is 10.2 Å². The molecule has 0 fully saturated rings. The minimum Gasteiger partial charge on any atom is -0.396 e. The van der Waals surface area contributed by atoms with Crippen molar-refractivity contribution in [2.24, 2.45) is 11.8 Å². The van der Waals surface area contributed by atoms with Crippen LogP contribution in [0.1, 0.15) is 52.4 Å². The second-order valence-electron chi connectivity index (χ2n) is 4.16. The van der Waals surface area contributed by atoms with Crippen LogP contribution in [-0.4, -0.2) is 23.4 Å². The van der Waals surface area contributed by atoms with E-state index < -0.39 is 0 Å². The number of hydrogen-bond donors (Lipinski definition) is 2. The maximum atomic E-state index is 8.89. The molecule has 0 bridgehead atoms. The Kier molecular flexibility index (Phi) is 9.42. The molecule has 2 heteroatoms. The first kappa shape index (κ1) is 13.9. The fourth-order valence-electron chi connectivity index (χ4n) is 2.01. The Morgan fingerprint density at radius 2 is 1.43 bits per heavy atom. The molecule has 0 aliphatic heterocycles. The molecule has 0 saturated heterocycles. The first-order valence-electron chi connectivity index (χ1n) is 6.00. The Bertz CT molecular complexity index is 115. The van der Waals surface area contributed by atoms with Gasteiger partial charge >= 0.3 is 0 Å². The van der Waals surface area contributed by atoms with Crippen molar-refractivity contribution in [3.8, 4) is 0 Å². The predicted molar refractivity (Wildman–Crippen MR) is 60.2 cm³/mol. The van der Waals surface area contributed by atoms with Crippen LogP contribution in [-0.2, 0) is 0 Å². The van der Waals surface area contributed by atoms with E-state index in [0.717, 1.165) is 31.6 Å². The molecule has 0 heterocycles. The van der Waals surface area contributed by atoms with Crippen LogP contribution < -0.4 is 0 Å². The van der Waals surface area contributed by atoms with E-state index in [-0.39, 0.29) is 0 Å². The fraction of sp³-hybridized carbons (Fsp3) is 1.00. The molecule has 2 atom stereocenters. The molecule has 0 spiro atoms. The van der Waals surface area contributed by atoms with E-state index in [1.807, 2.05) is 0 Å². The molecule has 0 aromatic rings. The van der Waals surface area contributed by atoms with Gasteiger partial charge in [-0.25, -0.2) is 0 Å². The monoisotopic (exact) mass is 202 g/mol. The molecule has 0 aromatic heterocycles. The molecule has 14 heavy (non-hydrogen) atoms. The molecule has 86 valence electrons. The SMILES string of the molecule is CCC(CCO)CC(CC)CCCO. The van der Waals surface area contributed by atoms with Crippen LogP contribution in [0.15, 0.2) is 0 Å². The van der Waals surface area contributed by atoms with Crippen molar-refractivity contribution in [1.29, 1.82) is 0 Å². The molecule has 0 amide bonds. The van der Waals surface area contributed by atoms with Gasteiger partial charge in [0.15, 0.2) is 0 Å². The Hall–Kier alpha value is -0.0800. The summed E-state index contributed by atoms with van der Waals surface area (Å²) in [6, 6.07) is 0. The Morgan fingerprint density at radius 3 is 1.86 bits per heavy atom. The first-order valence-corrected chi connectivity index (χ1v) is 6.00. The predicted octanol–water partition coefficient (Wildman–Crippen LogP) is 2.58. The maximum Gasteiger partial charge on any atom is 0.0433 e. The van der Waals surface area contributed by atoms with Crippen molar-refractivity contribution >= 4 is 0 Å². The first-order chi connectivity index (χ1) is 6.78. The summed E-state index contributed by atoms with van der Waals surface area (Å²) in [4.78, 5) is 0. The largest absolute Gasteiger partial charge is 0.396 e. The van der Waals surface area contributed by atoms with Crippen molar-refractivity contribution in [2.45, 2.75) is 52.4 Å². The summed E-state index contributed by atoms with van der Waals surface area (Å²) in [5.74, 6) is 1.40. The van der Waals surface area contributed by atoms with E-state index in [4.69, 9.17) is 10.2 Å². The third-order valence-corrected chi connectivity index (χ3v) is 3.13. The molecule has 0 aliphatic rings. The smallest absolute Gasteiger partial charge is 0.0433 e. The highest BCUT2D eigenvalue weighted by Crippen LogP contribution is 2.24. The van der Waals surface area contributed by atoms with Crippen LogP contribution in [0.5, 0.6) is 0 Å². The minimum atomic E-state index is 0.313. The van der Waals surface area contributed by atoms with Gasteiger partial charge < -0.3 is 10.2 Å². The summed E-state index contributed by atoms with van der Waals surface area (Å²) < 4.78 is 0. The average molecular weight is 202 g/mol. The average Bonchev–Trinajstić information content (AvgIpc) is 2.22. The van der Waals surface area contributed by atoms with Gasteiger partial charge in [0.2, 0.25) is 0 Å². The molecule has 0 rings (SSSR count). The molecule has 0 radical (unpaired) electrons. The maximum absolute atomic E-state index is 8.89. The van der Waals surface area contributed by atoms with Gasteiger partial charge in [-0.1, -0.05) is 26.7 Å². The summed E-state index contributed by atoms with van der Waals surface area (Å²) in [7, 11) is 0. The van der Waals surface area contributed by atoms with E-state index in [1.165, 1.54) is 12.8 Å². The lowest BCUT2D eigenvalue weighted by atomic mass is 9.86. The van der Waals surface area contributed by atoms with E-state index >= 15 is 0 Å². The van der Waals surface area contributed by atoms with Gasteiger partial charge in [0, 0.05) is 13.2 Å². The quantitative estimate of drug-likeness (QED) is 0.603. The van der Waals surface area contributed by atoms with Gasteiger partial charge in [0.1, 0.15) is 0 Å². The van der Waals surface area contributed by atoms with Crippen LogP contribution in [0.3, 0.4) is 0 Å². The van der Waals surface area contributed by atoms with Crippen LogP contribution in [0.25, 0.3) is 0 Å². The minimum absolute atomic E-state index is 0.313. The van der Waals surface area contributed by atoms with Crippen molar-refractivity contribution in [2.75, 3.05) is 13.2 Å². The lowest BCUT2D eigenvalue weighted by Crippen LogP contribution is -2.10. The van der Waals surface area contributed by atoms with Crippen molar-refractivity contribution in [3.05, 3.63) is 0 Å². The standard InChI is InChI=1S/C12H26O2/c1-3-11(6-5-8-13)10-12(4-2)7-9-14/h11-14H,3-10H2,1-2H3. The molecule has 0 aliphatic carbocycles. The van der Waals surface area contributed by atoms with Gasteiger partial charge in [-0.2, -0.15) is 0 Å². The molecular weight excluding hydrogens is 176 g/mol. The fourth-order valence-corrected chi connectivity index (χ4v) is 2.01. The van der Waals surface area contributed by atoms with Crippen LogP contribution in [0, 0.1) is 11.8 Å². The zero-order chi connectivity index (χ0) is 10.8. The topological polar surface area (TPSA) is 40.5 Å². The van der Waals surface area contributed by atoms with Gasteiger partial charge in [0.05, 0.1) is 0 Å². The van der Waals surface area contributed by atoms with Crippen LogP contribution in [0.4, 0.5) is 0 Å². The van der Waals surface area contributed by atoms with Crippen LogP contribution >= 0.6 is 0 Å². The van der Waals surface area contributed by atoms with E-state index in [2.05, 4.69) is 13.8 Å². The van der Waals surface area contributed by atoms with E-state index in [1.54, 1.807) is 0 Å². The zero-order valence-corrected chi connectivity index (χ0v) is 9.71. The van der Waals surface area contributed by atoms with Crippen molar-refractivity contribution in [3.63, 3.8) is 0 Å². The summed E-state index contributed by atoms with van der Waals surface area (Å²) in [5.41, 5.74) is 0. The van der Waals surface area contributed by atoms with E-state index in [0.29, 0.717) is 19.1 Å². The lowest BCUT2D eigenvalue weighted by Gasteiger charge is -2.20. The van der Waals surface area contributed by atoms with E-state index in [9.17, 15) is 0 Å². The second kappa shape index (κ2) is 9.47. The Morgan fingerprint density at radius 1 is 0.857 bits per heavy atom. The van der Waals surface area contributed by atoms with Crippen LogP contribution in [0.2, 0.25) is 0 Å². The third-order valence-electron chi connectivity index (χ3n) is 3.13. The number of rotatable bonds is 9. The van der Waals surface area contributed by atoms with Gasteiger partial charge in [-0.05, 0) is 37.5 Å². The molecule has 2 unspecified atom stereocenters. The summed E-state index contributed by atoms with van der Waals surface area (Å²) in [6.07, 6.45) is 6.57. The van der Waals surface area contributed by atoms with Gasteiger partial charge in [-0.15, -0.1) is 0 Å². The van der Waals surface area contributed by atoms with Gasteiger partial charge in [0.25, 0.3) is 0 Å². The molecule has 0 saturated carbocycles. The molecule has 2 N–H and O–H groups in total. The molecule has 2 nitrogen and oxygen atoms in total. The normalized spacial score (nSPS) is 15.4. The third kappa shape index (κ3) is 6.39. The highest BCUT2D eigenvalue weighted by molar-refractivity contribution is 4.65. The number of hydrogen-bond acceptors (Lipinski definition) is 2. The highest BCUT2D eigenvalue weighted by atomic mass is 16.3. The summed E-state index contributed by atoms with van der Waals surface area (Å²) >= 11 is 0. The number of aliphatic hydroxyl groups excluding tert-OH is 2. The molecule has 0 aromatic carbocycles. The highest BCUT2D eigenvalue weighted by Gasteiger charge is 2.13. The van der Waals surface area contributed by atoms with Crippen molar-refractivity contribution in [1.82, 2.24) is 0 Å².